The van der Waals surface area contributed by atoms with Gasteiger partial charge in [0.25, 0.3) is 5.89 Å². The Hall–Kier alpha value is -0.950. The van der Waals surface area contributed by atoms with Gasteiger partial charge in [0.15, 0.2) is 5.82 Å². The third-order valence-electron chi connectivity index (χ3n) is 3.32. The number of piperazine rings is 1. The fraction of sp³-hybridized carbons (Fsp3) is 0.385. The van der Waals surface area contributed by atoms with E-state index in [1.165, 1.54) is 0 Å². The van der Waals surface area contributed by atoms with Gasteiger partial charge in [0.05, 0.1) is 6.04 Å². The number of aromatic nitrogens is 2. The van der Waals surface area contributed by atoms with Crippen LogP contribution in [0.4, 0.5) is 0 Å². The number of benzene rings is 1. The van der Waals surface area contributed by atoms with Crippen molar-refractivity contribution in [1.29, 1.82) is 0 Å². The minimum atomic E-state index is 0. The molecule has 2 heterocycles. The maximum Gasteiger partial charge on any atom is 0.258 e. The standard InChI is InChI=1S/C13H15BrN4O.ClH/c1-18-6-5-15-8-11(18)12-16-13(19-17-12)9-3-2-4-10(14)7-9;/h2-4,7,11,15H,5-6,8H2,1H3;1H. The topological polar surface area (TPSA) is 54.2 Å². The van der Waals surface area contributed by atoms with Crippen molar-refractivity contribution in [3.8, 4) is 11.5 Å². The zero-order valence-corrected chi connectivity index (χ0v) is 13.4. The first-order valence-corrected chi connectivity index (χ1v) is 7.04. The van der Waals surface area contributed by atoms with E-state index in [1.54, 1.807) is 0 Å². The average molecular weight is 360 g/mol. The predicted molar refractivity (Wildman–Crippen MR) is 82.9 cm³/mol. The minimum Gasteiger partial charge on any atom is -0.334 e. The van der Waals surface area contributed by atoms with Gasteiger partial charge in [-0.1, -0.05) is 27.2 Å². The van der Waals surface area contributed by atoms with Gasteiger partial charge >= 0.3 is 0 Å². The number of halogens is 2. The predicted octanol–water partition coefficient (Wildman–Crippen LogP) is 2.50. The van der Waals surface area contributed by atoms with Crippen molar-refractivity contribution in [2.24, 2.45) is 0 Å². The van der Waals surface area contributed by atoms with Crippen molar-refractivity contribution in [3.63, 3.8) is 0 Å². The Morgan fingerprint density at radius 1 is 1.45 bits per heavy atom. The van der Waals surface area contributed by atoms with Crippen LogP contribution < -0.4 is 5.32 Å². The second-order valence-corrected chi connectivity index (χ2v) is 5.58. The lowest BCUT2D eigenvalue weighted by molar-refractivity contribution is 0.190. The Balaban J connectivity index is 0.00000147. The van der Waals surface area contributed by atoms with Gasteiger partial charge in [-0.05, 0) is 25.2 Å². The van der Waals surface area contributed by atoms with E-state index in [0.717, 1.165) is 35.5 Å². The van der Waals surface area contributed by atoms with Crippen LogP contribution in [0.25, 0.3) is 11.5 Å². The van der Waals surface area contributed by atoms with Crippen LogP contribution >= 0.6 is 28.3 Å². The van der Waals surface area contributed by atoms with Crippen LogP contribution in [0, 0.1) is 0 Å². The maximum absolute atomic E-state index is 5.37. The van der Waals surface area contributed by atoms with Crippen molar-refractivity contribution in [3.05, 3.63) is 34.6 Å². The molecule has 5 nitrogen and oxygen atoms in total. The van der Waals surface area contributed by atoms with E-state index in [0.29, 0.717) is 5.89 Å². The van der Waals surface area contributed by atoms with Crippen LogP contribution in [0.1, 0.15) is 11.9 Å². The van der Waals surface area contributed by atoms with Gasteiger partial charge in [-0.3, -0.25) is 4.90 Å². The van der Waals surface area contributed by atoms with Gasteiger partial charge in [0.1, 0.15) is 0 Å². The Morgan fingerprint density at radius 2 is 2.30 bits per heavy atom. The summed E-state index contributed by atoms with van der Waals surface area (Å²) in [6.07, 6.45) is 0. The molecule has 1 aromatic carbocycles. The molecule has 1 N–H and O–H groups in total. The van der Waals surface area contributed by atoms with Crippen molar-refractivity contribution in [1.82, 2.24) is 20.4 Å². The molecule has 0 spiro atoms. The van der Waals surface area contributed by atoms with E-state index >= 15 is 0 Å². The molecule has 0 saturated carbocycles. The Labute approximate surface area is 132 Å². The van der Waals surface area contributed by atoms with Crippen molar-refractivity contribution in [2.75, 3.05) is 26.7 Å². The van der Waals surface area contributed by atoms with Crippen LogP contribution in [0.5, 0.6) is 0 Å². The highest BCUT2D eigenvalue weighted by atomic mass is 79.9. The SMILES string of the molecule is CN1CCNCC1c1noc(-c2cccc(Br)c2)n1.Cl. The van der Waals surface area contributed by atoms with Gasteiger partial charge < -0.3 is 9.84 Å². The second-order valence-electron chi connectivity index (χ2n) is 4.67. The number of nitrogens with zero attached hydrogens (tertiary/aromatic N) is 3. The van der Waals surface area contributed by atoms with Gasteiger partial charge in [-0.2, -0.15) is 4.98 Å². The summed E-state index contributed by atoms with van der Waals surface area (Å²) < 4.78 is 6.37. The molecule has 1 aliphatic rings. The molecular formula is C13H16BrClN4O. The molecule has 3 rings (SSSR count). The summed E-state index contributed by atoms with van der Waals surface area (Å²) in [5.74, 6) is 1.31. The first-order chi connectivity index (χ1) is 9.24. The highest BCUT2D eigenvalue weighted by Crippen LogP contribution is 2.24. The molecule has 1 fully saturated rings. The smallest absolute Gasteiger partial charge is 0.258 e. The lowest BCUT2D eigenvalue weighted by Crippen LogP contribution is -2.44. The highest BCUT2D eigenvalue weighted by Gasteiger charge is 2.25. The van der Waals surface area contributed by atoms with Crippen molar-refractivity contribution >= 4 is 28.3 Å². The van der Waals surface area contributed by atoms with Gasteiger partial charge in [0.2, 0.25) is 0 Å². The van der Waals surface area contributed by atoms with Crippen LogP contribution in [-0.4, -0.2) is 41.7 Å². The third kappa shape index (κ3) is 3.20. The molecule has 1 aliphatic heterocycles. The molecular weight excluding hydrogens is 344 g/mol. The maximum atomic E-state index is 5.37. The highest BCUT2D eigenvalue weighted by molar-refractivity contribution is 9.10. The van der Waals surface area contributed by atoms with Gasteiger partial charge in [-0.15, -0.1) is 12.4 Å². The number of hydrogen-bond acceptors (Lipinski definition) is 5. The first-order valence-electron chi connectivity index (χ1n) is 6.24. The number of rotatable bonds is 2. The Morgan fingerprint density at radius 3 is 3.05 bits per heavy atom. The molecule has 7 heteroatoms. The van der Waals surface area contributed by atoms with Crippen molar-refractivity contribution in [2.45, 2.75) is 6.04 Å². The first kappa shape index (κ1) is 15.4. The van der Waals surface area contributed by atoms with Crippen LogP contribution in [0.3, 0.4) is 0 Å². The quantitative estimate of drug-likeness (QED) is 0.893. The van der Waals surface area contributed by atoms with E-state index in [-0.39, 0.29) is 18.4 Å². The second kappa shape index (κ2) is 6.67. The van der Waals surface area contributed by atoms with Crippen molar-refractivity contribution < 1.29 is 4.52 Å². The number of hydrogen-bond donors (Lipinski definition) is 1. The van der Waals surface area contributed by atoms with E-state index in [1.807, 2.05) is 24.3 Å². The molecule has 2 aromatic rings. The molecule has 1 unspecified atom stereocenters. The van der Waals surface area contributed by atoms with Crippen LogP contribution in [-0.2, 0) is 0 Å². The summed E-state index contributed by atoms with van der Waals surface area (Å²) in [5, 5.41) is 7.46. The molecule has 1 atom stereocenters. The summed E-state index contributed by atoms with van der Waals surface area (Å²) in [7, 11) is 2.08. The Bertz CT molecular complexity index is 577. The van der Waals surface area contributed by atoms with Gasteiger partial charge in [0, 0.05) is 29.7 Å². The fourth-order valence-electron chi connectivity index (χ4n) is 2.20. The van der Waals surface area contributed by atoms with Crippen LogP contribution in [0.2, 0.25) is 0 Å². The summed E-state index contributed by atoms with van der Waals surface area (Å²) in [4.78, 5) is 6.76. The van der Waals surface area contributed by atoms with E-state index < -0.39 is 0 Å². The third-order valence-corrected chi connectivity index (χ3v) is 3.82. The zero-order valence-electron chi connectivity index (χ0n) is 11.0. The number of nitrogens with one attached hydrogen (secondary N) is 1. The largest absolute Gasteiger partial charge is 0.334 e. The lowest BCUT2D eigenvalue weighted by atomic mass is 10.2. The molecule has 1 aromatic heterocycles. The number of likely N-dealkylation sites (N-methyl/N-ethyl adjacent to an activating group) is 1. The minimum absolute atomic E-state index is 0. The lowest BCUT2D eigenvalue weighted by Gasteiger charge is -2.30. The molecule has 0 radical (unpaired) electrons. The summed E-state index contributed by atoms with van der Waals surface area (Å²) in [6.45, 7) is 2.85. The normalized spacial score (nSPS) is 19.6. The monoisotopic (exact) mass is 358 g/mol. The molecule has 1 saturated heterocycles. The summed E-state index contributed by atoms with van der Waals surface area (Å²) in [6, 6.07) is 8.04. The zero-order chi connectivity index (χ0) is 13.2. The molecule has 0 bridgehead atoms. The summed E-state index contributed by atoms with van der Waals surface area (Å²) in [5.41, 5.74) is 0.930. The van der Waals surface area contributed by atoms with E-state index in [4.69, 9.17) is 4.52 Å². The molecule has 20 heavy (non-hydrogen) atoms. The molecule has 108 valence electrons. The van der Waals surface area contributed by atoms with Gasteiger partial charge in [-0.25, -0.2) is 0 Å². The Kier molecular flexibility index (Phi) is 5.15. The van der Waals surface area contributed by atoms with E-state index in [2.05, 4.69) is 43.3 Å². The average Bonchev–Trinajstić information content (AvgIpc) is 2.89. The summed E-state index contributed by atoms with van der Waals surface area (Å²) >= 11 is 3.44. The fourth-order valence-corrected chi connectivity index (χ4v) is 2.60. The molecule has 0 aliphatic carbocycles. The molecule has 0 amide bonds. The van der Waals surface area contributed by atoms with E-state index in [9.17, 15) is 0 Å². The van der Waals surface area contributed by atoms with Crippen LogP contribution in [0.15, 0.2) is 33.3 Å².